The highest BCUT2D eigenvalue weighted by molar-refractivity contribution is 7.99. The van der Waals surface area contributed by atoms with Crippen molar-refractivity contribution in [2.45, 2.75) is 64.0 Å². The predicted octanol–water partition coefficient (Wildman–Crippen LogP) is 3.24. The summed E-state index contributed by atoms with van der Waals surface area (Å²) in [6.45, 7) is 3.16. The highest BCUT2D eigenvalue weighted by Crippen LogP contribution is 2.38. The molecule has 1 aliphatic heterocycles. The zero-order chi connectivity index (χ0) is 13.7. The number of carboxylic acid groups (broad SMARTS) is 1. The summed E-state index contributed by atoms with van der Waals surface area (Å²) in [5.41, 5.74) is 0. The number of carbonyl (C=O) groups is 1. The van der Waals surface area contributed by atoms with E-state index >= 15 is 0 Å². The van der Waals surface area contributed by atoms with Crippen LogP contribution in [0.3, 0.4) is 0 Å². The van der Waals surface area contributed by atoms with Crippen LogP contribution < -0.4 is 0 Å². The van der Waals surface area contributed by atoms with Gasteiger partial charge in [-0.25, -0.2) is 0 Å². The molecular formula is C15H27NO2S. The Balaban J connectivity index is 1.95. The Labute approximate surface area is 121 Å². The second-order valence-corrected chi connectivity index (χ2v) is 7.23. The van der Waals surface area contributed by atoms with Crippen molar-refractivity contribution in [3.63, 3.8) is 0 Å². The van der Waals surface area contributed by atoms with E-state index in [2.05, 4.69) is 11.8 Å². The minimum atomic E-state index is -0.604. The van der Waals surface area contributed by atoms with Crippen LogP contribution in [0.1, 0.15) is 51.9 Å². The predicted molar refractivity (Wildman–Crippen MR) is 80.7 cm³/mol. The molecule has 2 fully saturated rings. The van der Waals surface area contributed by atoms with Crippen LogP contribution in [0.15, 0.2) is 0 Å². The Hall–Kier alpha value is -0.220. The molecule has 3 nitrogen and oxygen atoms in total. The third kappa shape index (κ3) is 3.88. The van der Waals surface area contributed by atoms with Crippen molar-refractivity contribution in [3.05, 3.63) is 0 Å². The molecule has 3 atom stereocenters. The van der Waals surface area contributed by atoms with Crippen molar-refractivity contribution >= 4 is 17.7 Å². The first-order chi connectivity index (χ1) is 9.24. The van der Waals surface area contributed by atoms with E-state index < -0.39 is 5.97 Å². The summed E-state index contributed by atoms with van der Waals surface area (Å²) in [7, 11) is 0. The van der Waals surface area contributed by atoms with E-state index in [-0.39, 0.29) is 6.04 Å². The topological polar surface area (TPSA) is 40.5 Å². The molecule has 4 heteroatoms. The smallest absolute Gasteiger partial charge is 0.320 e. The third-order valence-electron chi connectivity index (χ3n) is 4.70. The van der Waals surface area contributed by atoms with Gasteiger partial charge >= 0.3 is 5.97 Å². The quantitative estimate of drug-likeness (QED) is 0.761. The van der Waals surface area contributed by atoms with Gasteiger partial charge in [0, 0.05) is 12.6 Å². The van der Waals surface area contributed by atoms with Gasteiger partial charge in [-0.05, 0) is 49.5 Å². The van der Waals surface area contributed by atoms with Gasteiger partial charge in [0.1, 0.15) is 6.04 Å². The molecule has 3 unspecified atom stereocenters. The fraction of sp³-hybridized carbons (Fsp3) is 0.933. The van der Waals surface area contributed by atoms with Gasteiger partial charge in [0.2, 0.25) is 0 Å². The molecule has 0 aromatic rings. The zero-order valence-corrected chi connectivity index (χ0v) is 12.8. The number of hydrogen-bond acceptors (Lipinski definition) is 3. The van der Waals surface area contributed by atoms with E-state index in [4.69, 9.17) is 0 Å². The molecule has 1 heterocycles. The molecule has 0 aromatic carbocycles. The number of nitrogens with zero attached hydrogens (tertiary/aromatic N) is 1. The normalized spacial score (nSPS) is 31.9. The Bertz CT molecular complexity index is 298. The number of piperidine rings is 1. The molecule has 2 rings (SSSR count). The van der Waals surface area contributed by atoms with E-state index in [0.717, 1.165) is 43.2 Å². The monoisotopic (exact) mass is 285 g/mol. The van der Waals surface area contributed by atoms with Crippen molar-refractivity contribution in [1.29, 1.82) is 0 Å². The molecule has 0 bridgehead atoms. The van der Waals surface area contributed by atoms with Crippen molar-refractivity contribution in [2.24, 2.45) is 5.92 Å². The van der Waals surface area contributed by atoms with Gasteiger partial charge in [0.05, 0.1) is 0 Å². The minimum Gasteiger partial charge on any atom is -0.480 e. The number of hydrogen-bond donors (Lipinski definition) is 1. The lowest BCUT2D eigenvalue weighted by Gasteiger charge is -2.47. The first-order valence-electron chi connectivity index (χ1n) is 7.80. The van der Waals surface area contributed by atoms with Crippen LogP contribution in [0, 0.1) is 5.92 Å². The summed E-state index contributed by atoms with van der Waals surface area (Å²) in [4.78, 5) is 13.8. The lowest BCUT2D eigenvalue weighted by atomic mass is 9.76. The highest BCUT2D eigenvalue weighted by atomic mass is 32.2. The average molecular weight is 285 g/mol. The van der Waals surface area contributed by atoms with E-state index in [0.29, 0.717) is 6.04 Å². The van der Waals surface area contributed by atoms with E-state index in [9.17, 15) is 9.90 Å². The van der Waals surface area contributed by atoms with Gasteiger partial charge in [0.15, 0.2) is 0 Å². The van der Waals surface area contributed by atoms with Gasteiger partial charge in [-0.2, -0.15) is 11.8 Å². The second kappa shape index (κ2) is 7.53. The average Bonchev–Trinajstić information content (AvgIpc) is 2.43. The Morgan fingerprint density at radius 1 is 1.26 bits per heavy atom. The van der Waals surface area contributed by atoms with Gasteiger partial charge in [0.25, 0.3) is 0 Å². The Kier molecular flexibility index (Phi) is 6.02. The second-order valence-electron chi connectivity index (χ2n) is 5.83. The molecule has 1 saturated carbocycles. The van der Waals surface area contributed by atoms with Crippen molar-refractivity contribution in [3.8, 4) is 0 Å². The highest BCUT2D eigenvalue weighted by Gasteiger charge is 2.40. The van der Waals surface area contributed by atoms with Crippen LogP contribution in [0.2, 0.25) is 0 Å². The zero-order valence-electron chi connectivity index (χ0n) is 12.0. The number of fused-ring (bicyclic) bond motifs is 1. The molecule has 0 aromatic heterocycles. The number of likely N-dealkylation sites (tertiary alicyclic amines) is 1. The fourth-order valence-corrected chi connectivity index (χ4v) is 4.43. The lowest BCUT2D eigenvalue weighted by molar-refractivity contribution is -0.148. The molecule has 1 saturated heterocycles. The molecule has 1 aliphatic carbocycles. The summed E-state index contributed by atoms with van der Waals surface area (Å²) < 4.78 is 0. The summed E-state index contributed by atoms with van der Waals surface area (Å²) in [5, 5.41) is 9.45. The molecule has 110 valence electrons. The van der Waals surface area contributed by atoms with Gasteiger partial charge in [-0.15, -0.1) is 0 Å². The molecule has 2 aliphatic rings. The standard InChI is InChI=1S/C15H27NO2S/c1-2-19-11-5-10-16-13-7-4-3-6-12(13)8-9-14(16)15(17)18/h12-14H,2-11H2,1H3,(H,17,18). The summed E-state index contributed by atoms with van der Waals surface area (Å²) >= 11 is 1.96. The van der Waals surface area contributed by atoms with E-state index in [1.54, 1.807) is 0 Å². The van der Waals surface area contributed by atoms with Crippen molar-refractivity contribution in [2.75, 3.05) is 18.1 Å². The van der Waals surface area contributed by atoms with Crippen LogP contribution >= 0.6 is 11.8 Å². The van der Waals surface area contributed by atoms with Crippen molar-refractivity contribution < 1.29 is 9.90 Å². The van der Waals surface area contributed by atoms with Crippen molar-refractivity contribution in [1.82, 2.24) is 4.90 Å². The Morgan fingerprint density at radius 3 is 2.79 bits per heavy atom. The molecule has 0 amide bonds. The van der Waals surface area contributed by atoms with E-state index in [1.807, 2.05) is 11.8 Å². The van der Waals surface area contributed by atoms with Gasteiger partial charge in [-0.1, -0.05) is 19.8 Å². The summed E-state index contributed by atoms with van der Waals surface area (Å²) in [5.74, 6) is 2.49. The molecule has 1 N–H and O–H groups in total. The molecule has 19 heavy (non-hydrogen) atoms. The molecule has 0 spiro atoms. The van der Waals surface area contributed by atoms with Crippen LogP contribution in [0.4, 0.5) is 0 Å². The maximum atomic E-state index is 11.5. The number of carboxylic acids is 1. The van der Waals surface area contributed by atoms with Crippen LogP contribution in [-0.2, 0) is 4.79 Å². The van der Waals surface area contributed by atoms with Crippen LogP contribution in [0.5, 0.6) is 0 Å². The fourth-order valence-electron chi connectivity index (χ4n) is 3.81. The maximum Gasteiger partial charge on any atom is 0.320 e. The third-order valence-corrected chi connectivity index (χ3v) is 5.69. The van der Waals surface area contributed by atoms with Crippen LogP contribution in [0.25, 0.3) is 0 Å². The van der Waals surface area contributed by atoms with Gasteiger partial charge < -0.3 is 5.11 Å². The summed E-state index contributed by atoms with van der Waals surface area (Å²) in [6, 6.07) is 0.334. The first-order valence-corrected chi connectivity index (χ1v) is 8.95. The van der Waals surface area contributed by atoms with E-state index in [1.165, 1.54) is 25.7 Å². The number of aliphatic carboxylic acids is 1. The van der Waals surface area contributed by atoms with Crippen LogP contribution in [-0.4, -0.2) is 46.1 Å². The molecular weight excluding hydrogens is 258 g/mol. The number of rotatable bonds is 6. The first kappa shape index (κ1) is 15.2. The number of thioether (sulfide) groups is 1. The lowest BCUT2D eigenvalue weighted by Crippen LogP contribution is -2.55. The summed E-state index contributed by atoms with van der Waals surface area (Å²) in [6.07, 6.45) is 8.28. The Morgan fingerprint density at radius 2 is 2.05 bits per heavy atom. The minimum absolute atomic E-state index is 0.217. The SMILES string of the molecule is CCSCCCN1C(C(=O)O)CCC2CCCCC21. The largest absolute Gasteiger partial charge is 0.480 e. The molecule has 0 radical (unpaired) electrons. The maximum absolute atomic E-state index is 11.5. The van der Waals surface area contributed by atoms with Gasteiger partial charge in [-0.3, -0.25) is 9.69 Å².